The van der Waals surface area contributed by atoms with Gasteiger partial charge >= 0.3 is 11.9 Å². The van der Waals surface area contributed by atoms with Gasteiger partial charge in [-0.1, -0.05) is 23.7 Å². The van der Waals surface area contributed by atoms with Crippen molar-refractivity contribution in [2.45, 2.75) is 44.3 Å². The standard InChI is InChI=1S/C25H25ClF5N5O5/c26-17-6-4-14(5-7-17)23-34-36(24(41)35(23)12-19(38)22(27)28)13-21(40)33-18(11-20(39)32-8-9-37)15-2-1-3-16(10-15)25(29,30)31/h1-7,10,18-19,22,37-38H,8-9,11-13H2,(H,32,39)(H,33,40). The van der Waals surface area contributed by atoms with E-state index >= 15 is 0 Å². The molecule has 0 fully saturated rings. The van der Waals surface area contributed by atoms with Gasteiger partial charge in [0.05, 0.1) is 31.2 Å². The van der Waals surface area contributed by atoms with Crippen LogP contribution in [0.25, 0.3) is 11.4 Å². The highest BCUT2D eigenvalue weighted by molar-refractivity contribution is 6.30. The van der Waals surface area contributed by atoms with Crippen LogP contribution in [-0.2, 0) is 28.9 Å². The van der Waals surface area contributed by atoms with Crippen LogP contribution in [0.2, 0.25) is 5.02 Å². The molecule has 0 aliphatic rings. The molecule has 0 spiro atoms. The maximum absolute atomic E-state index is 13.3. The number of nitrogens with zero attached hydrogens (tertiary/aromatic N) is 3. The van der Waals surface area contributed by atoms with Gasteiger partial charge in [0.1, 0.15) is 12.6 Å². The van der Waals surface area contributed by atoms with E-state index < -0.39 is 73.9 Å². The monoisotopic (exact) mass is 605 g/mol. The van der Waals surface area contributed by atoms with Crippen LogP contribution in [0.5, 0.6) is 0 Å². The van der Waals surface area contributed by atoms with Gasteiger partial charge in [-0.05, 0) is 42.0 Å². The van der Waals surface area contributed by atoms with Crippen molar-refractivity contribution in [2.75, 3.05) is 13.2 Å². The predicted octanol–water partition coefficient (Wildman–Crippen LogP) is 2.37. The number of hydrogen-bond acceptors (Lipinski definition) is 6. The second-order valence-electron chi connectivity index (χ2n) is 8.80. The van der Waals surface area contributed by atoms with Gasteiger partial charge in [-0.15, -0.1) is 5.10 Å². The number of carbonyl (C=O) groups is 2. The molecule has 1 heterocycles. The van der Waals surface area contributed by atoms with Crippen molar-refractivity contribution >= 4 is 23.4 Å². The normalized spacial score (nSPS) is 13.2. The molecule has 2 atom stereocenters. The van der Waals surface area contributed by atoms with Crippen LogP contribution in [0.3, 0.4) is 0 Å². The van der Waals surface area contributed by atoms with Gasteiger partial charge < -0.3 is 20.8 Å². The topological polar surface area (TPSA) is 138 Å². The maximum atomic E-state index is 13.3. The number of aliphatic hydroxyl groups excluding tert-OH is 2. The third-order valence-electron chi connectivity index (χ3n) is 5.75. The first-order valence-corrected chi connectivity index (χ1v) is 12.4. The van der Waals surface area contributed by atoms with Crippen molar-refractivity contribution in [3.8, 4) is 11.4 Å². The Labute approximate surface area is 234 Å². The van der Waals surface area contributed by atoms with E-state index in [2.05, 4.69) is 15.7 Å². The number of carbonyl (C=O) groups excluding carboxylic acids is 2. The van der Waals surface area contributed by atoms with Crippen LogP contribution in [0.15, 0.2) is 53.3 Å². The Balaban J connectivity index is 1.92. The van der Waals surface area contributed by atoms with Crippen LogP contribution in [0.1, 0.15) is 23.6 Å². The minimum absolute atomic E-state index is 0.0629. The average molecular weight is 606 g/mol. The largest absolute Gasteiger partial charge is 0.416 e. The third-order valence-corrected chi connectivity index (χ3v) is 6.01. The fraction of sp³-hybridized carbons (Fsp3) is 0.360. The van der Waals surface area contributed by atoms with Gasteiger partial charge in [0, 0.05) is 17.1 Å². The van der Waals surface area contributed by atoms with E-state index in [9.17, 15) is 41.4 Å². The van der Waals surface area contributed by atoms with Crippen LogP contribution in [-0.4, -0.2) is 62.1 Å². The zero-order valence-corrected chi connectivity index (χ0v) is 21.9. The van der Waals surface area contributed by atoms with E-state index in [0.717, 1.165) is 22.8 Å². The Morgan fingerprint density at radius 3 is 2.37 bits per heavy atom. The Morgan fingerprint density at radius 2 is 1.76 bits per heavy atom. The quantitative estimate of drug-likeness (QED) is 0.234. The van der Waals surface area contributed by atoms with E-state index in [1.165, 1.54) is 30.3 Å². The number of nitrogens with one attached hydrogen (secondary N) is 2. The molecule has 2 unspecified atom stereocenters. The van der Waals surface area contributed by atoms with Crippen LogP contribution >= 0.6 is 11.6 Å². The lowest BCUT2D eigenvalue weighted by molar-refractivity contribution is -0.137. The van der Waals surface area contributed by atoms with Gasteiger partial charge in [-0.3, -0.25) is 14.2 Å². The molecule has 222 valence electrons. The number of rotatable bonds is 12. The Bertz CT molecular complexity index is 1410. The van der Waals surface area contributed by atoms with E-state index in [1.54, 1.807) is 0 Å². The maximum Gasteiger partial charge on any atom is 0.416 e. The van der Waals surface area contributed by atoms with Gasteiger partial charge in [-0.25, -0.2) is 18.3 Å². The SMILES string of the molecule is O=C(CC(NC(=O)Cn1nc(-c2ccc(Cl)cc2)n(CC(O)C(F)F)c1=O)c1cccc(C(F)(F)F)c1)NCCO. The lowest BCUT2D eigenvalue weighted by Crippen LogP contribution is -2.39. The molecule has 0 bridgehead atoms. The van der Waals surface area contributed by atoms with Crippen LogP contribution in [0.4, 0.5) is 22.0 Å². The second kappa shape index (κ2) is 13.7. The molecule has 2 aromatic carbocycles. The van der Waals surface area contributed by atoms with E-state index in [-0.39, 0.29) is 23.5 Å². The zero-order valence-electron chi connectivity index (χ0n) is 21.1. The van der Waals surface area contributed by atoms with Gasteiger partial charge in [0.25, 0.3) is 6.43 Å². The molecule has 1 aromatic heterocycles. The molecule has 4 N–H and O–H groups in total. The third kappa shape index (κ3) is 8.58. The fourth-order valence-corrected chi connectivity index (χ4v) is 3.93. The molecule has 2 amide bonds. The Kier molecular flexibility index (Phi) is 10.6. The summed E-state index contributed by atoms with van der Waals surface area (Å²) < 4.78 is 67.3. The number of benzene rings is 2. The first-order chi connectivity index (χ1) is 19.3. The molecule has 0 saturated heterocycles. The molecule has 0 saturated carbocycles. The van der Waals surface area contributed by atoms with Crippen molar-refractivity contribution in [2.24, 2.45) is 0 Å². The van der Waals surface area contributed by atoms with E-state index in [1.807, 2.05) is 0 Å². The predicted molar refractivity (Wildman–Crippen MR) is 136 cm³/mol. The lowest BCUT2D eigenvalue weighted by atomic mass is 10.0. The molecular formula is C25H25ClF5N5O5. The summed E-state index contributed by atoms with van der Waals surface area (Å²) >= 11 is 5.88. The summed E-state index contributed by atoms with van der Waals surface area (Å²) in [5.41, 5.74) is -1.85. The number of halogens is 6. The summed E-state index contributed by atoms with van der Waals surface area (Å²) in [5, 5.41) is 27.7. The van der Waals surface area contributed by atoms with Crippen molar-refractivity contribution in [3.63, 3.8) is 0 Å². The molecule has 0 aliphatic carbocycles. The summed E-state index contributed by atoms with van der Waals surface area (Å²) in [6.45, 7) is -2.18. The highest BCUT2D eigenvalue weighted by atomic mass is 35.5. The molecule has 16 heteroatoms. The summed E-state index contributed by atoms with van der Waals surface area (Å²) in [5.74, 6) is -1.78. The minimum Gasteiger partial charge on any atom is -0.395 e. The van der Waals surface area contributed by atoms with Crippen molar-refractivity contribution in [3.05, 3.63) is 75.2 Å². The molecule has 0 radical (unpaired) electrons. The highest BCUT2D eigenvalue weighted by Crippen LogP contribution is 2.31. The molecule has 3 rings (SSSR count). The fourth-order valence-electron chi connectivity index (χ4n) is 3.80. The molecule has 3 aromatic rings. The number of hydrogen-bond donors (Lipinski definition) is 4. The number of aliphatic hydroxyl groups is 2. The summed E-state index contributed by atoms with van der Waals surface area (Å²) in [6.07, 6.45) is -10.6. The first kappa shape index (κ1) is 31.7. The van der Waals surface area contributed by atoms with Crippen LogP contribution in [0, 0.1) is 0 Å². The number of amides is 2. The minimum atomic E-state index is -4.70. The first-order valence-electron chi connectivity index (χ1n) is 12.0. The second-order valence-corrected chi connectivity index (χ2v) is 9.24. The lowest BCUT2D eigenvalue weighted by Gasteiger charge is -2.20. The summed E-state index contributed by atoms with van der Waals surface area (Å²) in [7, 11) is 0. The Hall–Kier alpha value is -3.82. The van der Waals surface area contributed by atoms with Gasteiger partial charge in [-0.2, -0.15) is 13.2 Å². The van der Waals surface area contributed by atoms with Gasteiger partial charge in [0.15, 0.2) is 5.82 Å². The smallest absolute Gasteiger partial charge is 0.395 e. The Morgan fingerprint density at radius 1 is 1.07 bits per heavy atom. The van der Waals surface area contributed by atoms with Crippen molar-refractivity contribution in [1.29, 1.82) is 0 Å². The average Bonchev–Trinajstić information content (AvgIpc) is 3.21. The van der Waals surface area contributed by atoms with Crippen molar-refractivity contribution in [1.82, 2.24) is 25.0 Å². The molecule has 10 nitrogen and oxygen atoms in total. The van der Waals surface area contributed by atoms with E-state index in [4.69, 9.17) is 16.7 Å². The summed E-state index contributed by atoms with van der Waals surface area (Å²) in [6, 6.07) is 8.43. The summed E-state index contributed by atoms with van der Waals surface area (Å²) in [4.78, 5) is 38.3. The van der Waals surface area contributed by atoms with Crippen LogP contribution < -0.4 is 16.3 Å². The van der Waals surface area contributed by atoms with Gasteiger partial charge in [0.2, 0.25) is 11.8 Å². The van der Waals surface area contributed by atoms with Crippen molar-refractivity contribution < 1.29 is 41.8 Å². The number of alkyl halides is 5. The molecule has 41 heavy (non-hydrogen) atoms. The zero-order chi connectivity index (χ0) is 30.3. The van der Waals surface area contributed by atoms with E-state index in [0.29, 0.717) is 9.70 Å². The number of aromatic nitrogens is 3. The highest BCUT2D eigenvalue weighted by Gasteiger charge is 2.32. The molecular weight excluding hydrogens is 581 g/mol. The molecule has 0 aliphatic heterocycles.